The van der Waals surface area contributed by atoms with Crippen LogP contribution in [-0.4, -0.2) is 59.2 Å². The Bertz CT molecular complexity index is 1290. The Morgan fingerprint density at radius 2 is 1.78 bits per heavy atom. The van der Waals surface area contributed by atoms with Crippen LogP contribution in [-0.2, 0) is 14.8 Å². The molecule has 1 aliphatic heterocycles. The van der Waals surface area contributed by atoms with Gasteiger partial charge in [0.25, 0.3) is 0 Å². The number of methoxy groups -OCH3 is 2. The number of hydrogen-bond donors (Lipinski definition) is 1. The average molecular weight is 537 g/mol. The zero-order valence-electron chi connectivity index (χ0n) is 20.7. The second-order valence-corrected chi connectivity index (χ2v) is 11.2. The number of anilines is 1. The van der Waals surface area contributed by atoms with Gasteiger partial charge in [0.15, 0.2) is 5.82 Å². The molecular formula is C23H29ClN6O5S. The highest BCUT2D eigenvalue weighted by atomic mass is 35.5. The normalized spacial score (nSPS) is 19.6. The number of benzene rings is 1. The topological polar surface area (TPSA) is 130 Å². The van der Waals surface area contributed by atoms with Gasteiger partial charge in [0, 0.05) is 24.9 Å². The fraction of sp³-hybridized carbons (Fsp3) is 0.478. The van der Waals surface area contributed by atoms with Crippen LogP contribution in [0.15, 0.2) is 30.6 Å². The first-order chi connectivity index (χ1) is 17.2. The standard InChI is InChI=1S/C23H29ClN6O5S/c1-13-9-10-35-20(13)22-27-28-23(30(22)19-17(33-4)7-6-8-18(19)34-5)29-36(31,32)15(3)14(2)21-25-11-16(24)12-26-21/h6-8,11-15,20H,9-10H2,1-5H3,(H,28,29)/t13-,14?,15?,20+/m1/s1. The SMILES string of the molecule is COc1cccc(OC)c1-n1c(NS(=O)(=O)C(C)C(C)c2ncc(Cl)cn2)nnc1[C@H]1OCC[C@H]1C. The molecule has 2 aromatic heterocycles. The van der Waals surface area contributed by atoms with E-state index in [9.17, 15) is 8.42 Å². The minimum Gasteiger partial charge on any atom is -0.494 e. The number of hydrogen-bond acceptors (Lipinski definition) is 9. The molecule has 1 aliphatic rings. The van der Waals surface area contributed by atoms with Crippen molar-refractivity contribution in [1.29, 1.82) is 0 Å². The summed E-state index contributed by atoms with van der Waals surface area (Å²) in [6, 6.07) is 5.28. The molecule has 1 saturated heterocycles. The van der Waals surface area contributed by atoms with Gasteiger partial charge in [-0.15, -0.1) is 10.2 Å². The van der Waals surface area contributed by atoms with Gasteiger partial charge in [0.1, 0.15) is 29.1 Å². The minimum absolute atomic E-state index is 0.00780. The van der Waals surface area contributed by atoms with Gasteiger partial charge in [-0.3, -0.25) is 9.29 Å². The van der Waals surface area contributed by atoms with Crippen molar-refractivity contribution >= 4 is 27.6 Å². The summed E-state index contributed by atoms with van der Waals surface area (Å²) < 4.78 is 48.4. The van der Waals surface area contributed by atoms with Gasteiger partial charge in [-0.2, -0.15) is 0 Å². The molecule has 0 radical (unpaired) electrons. The number of rotatable bonds is 9. The first-order valence-corrected chi connectivity index (χ1v) is 13.4. The number of nitrogens with one attached hydrogen (secondary N) is 1. The smallest absolute Gasteiger partial charge is 0.243 e. The molecule has 3 aromatic rings. The van der Waals surface area contributed by atoms with E-state index in [1.807, 2.05) is 0 Å². The Morgan fingerprint density at radius 3 is 2.33 bits per heavy atom. The zero-order chi connectivity index (χ0) is 26.0. The average Bonchev–Trinajstić information content (AvgIpc) is 3.47. The van der Waals surface area contributed by atoms with Crippen LogP contribution in [0.2, 0.25) is 5.02 Å². The fourth-order valence-electron chi connectivity index (χ4n) is 4.10. The summed E-state index contributed by atoms with van der Waals surface area (Å²) in [6.45, 7) is 5.94. The van der Waals surface area contributed by atoms with E-state index in [4.69, 9.17) is 25.8 Å². The van der Waals surface area contributed by atoms with E-state index in [1.54, 1.807) is 36.6 Å². The van der Waals surface area contributed by atoms with Gasteiger partial charge in [-0.05, 0) is 31.4 Å². The Balaban J connectivity index is 1.78. The summed E-state index contributed by atoms with van der Waals surface area (Å²) in [5.74, 6) is 1.33. The zero-order valence-corrected chi connectivity index (χ0v) is 22.2. The summed E-state index contributed by atoms with van der Waals surface area (Å²) in [6.07, 6.45) is 3.33. The molecule has 3 heterocycles. The largest absolute Gasteiger partial charge is 0.494 e. The van der Waals surface area contributed by atoms with E-state index in [0.29, 0.717) is 40.5 Å². The highest BCUT2D eigenvalue weighted by Gasteiger charge is 2.36. The van der Waals surface area contributed by atoms with E-state index in [0.717, 1.165) is 6.42 Å². The molecule has 36 heavy (non-hydrogen) atoms. The first kappa shape index (κ1) is 26.1. The lowest BCUT2D eigenvalue weighted by atomic mass is 10.0. The Kier molecular flexibility index (Phi) is 7.67. The quantitative estimate of drug-likeness (QED) is 0.434. The van der Waals surface area contributed by atoms with Crippen molar-refractivity contribution in [3.8, 4) is 17.2 Å². The van der Waals surface area contributed by atoms with Gasteiger partial charge >= 0.3 is 0 Å². The van der Waals surface area contributed by atoms with Crippen LogP contribution in [0.1, 0.15) is 50.9 Å². The third-order valence-electron chi connectivity index (χ3n) is 6.43. The molecular weight excluding hydrogens is 508 g/mol. The molecule has 1 N–H and O–H groups in total. The van der Waals surface area contributed by atoms with Crippen LogP contribution in [0.4, 0.5) is 5.95 Å². The molecule has 0 bridgehead atoms. The third-order valence-corrected chi connectivity index (χ3v) is 8.48. The predicted octanol–water partition coefficient (Wildman–Crippen LogP) is 3.76. The molecule has 0 saturated carbocycles. The molecule has 194 valence electrons. The molecule has 13 heteroatoms. The Morgan fingerprint density at radius 1 is 1.14 bits per heavy atom. The molecule has 0 aliphatic carbocycles. The number of ether oxygens (including phenoxy) is 3. The second kappa shape index (κ2) is 10.6. The van der Waals surface area contributed by atoms with Gasteiger partial charge in [0.2, 0.25) is 16.0 Å². The van der Waals surface area contributed by atoms with Gasteiger partial charge < -0.3 is 14.2 Å². The summed E-state index contributed by atoms with van der Waals surface area (Å²) in [7, 11) is -0.924. The molecule has 4 rings (SSSR count). The molecule has 2 unspecified atom stereocenters. The fourth-order valence-corrected chi connectivity index (χ4v) is 5.43. The van der Waals surface area contributed by atoms with Crippen molar-refractivity contribution < 1.29 is 22.6 Å². The van der Waals surface area contributed by atoms with Crippen molar-refractivity contribution in [2.45, 2.75) is 44.5 Å². The van der Waals surface area contributed by atoms with E-state index < -0.39 is 21.2 Å². The predicted molar refractivity (Wildman–Crippen MR) is 134 cm³/mol. The minimum atomic E-state index is -3.97. The summed E-state index contributed by atoms with van der Waals surface area (Å²) >= 11 is 5.88. The van der Waals surface area contributed by atoms with E-state index in [-0.39, 0.29) is 18.0 Å². The molecule has 0 amide bonds. The Labute approximate surface area is 215 Å². The lowest BCUT2D eigenvalue weighted by molar-refractivity contribution is 0.0858. The van der Waals surface area contributed by atoms with Crippen LogP contribution in [0.5, 0.6) is 11.5 Å². The lowest BCUT2D eigenvalue weighted by Gasteiger charge is -2.22. The number of nitrogens with zero attached hydrogens (tertiary/aromatic N) is 5. The molecule has 1 fully saturated rings. The van der Waals surface area contributed by atoms with E-state index >= 15 is 0 Å². The molecule has 1 aromatic carbocycles. The molecule has 0 spiro atoms. The molecule has 11 nitrogen and oxygen atoms in total. The van der Waals surface area contributed by atoms with Crippen molar-refractivity contribution in [3.05, 3.63) is 47.3 Å². The monoisotopic (exact) mass is 536 g/mol. The Hall–Kier alpha value is -2.96. The first-order valence-electron chi connectivity index (χ1n) is 11.4. The van der Waals surface area contributed by atoms with Crippen LogP contribution in [0.3, 0.4) is 0 Å². The van der Waals surface area contributed by atoms with Crippen molar-refractivity contribution in [2.75, 3.05) is 25.5 Å². The van der Waals surface area contributed by atoms with Gasteiger partial charge in [-0.1, -0.05) is 31.5 Å². The number of halogens is 1. The van der Waals surface area contributed by atoms with Crippen molar-refractivity contribution in [3.63, 3.8) is 0 Å². The van der Waals surface area contributed by atoms with Crippen LogP contribution >= 0.6 is 11.6 Å². The van der Waals surface area contributed by atoms with Crippen molar-refractivity contribution in [1.82, 2.24) is 24.7 Å². The second-order valence-electron chi connectivity index (χ2n) is 8.69. The maximum atomic E-state index is 13.5. The van der Waals surface area contributed by atoms with E-state index in [1.165, 1.54) is 26.6 Å². The van der Waals surface area contributed by atoms with E-state index in [2.05, 4.69) is 31.8 Å². The van der Waals surface area contributed by atoms with Crippen LogP contribution in [0, 0.1) is 5.92 Å². The van der Waals surface area contributed by atoms with Crippen molar-refractivity contribution in [2.24, 2.45) is 5.92 Å². The summed E-state index contributed by atoms with van der Waals surface area (Å²) in [4.78, 5) is 8.35. The highest BCUT2D eigenvalue weighted by Crippen LogP contribution is 2.40. The number of para-hydroxylation sites is 1. The third kappa shape index (κ3) is 4.97. The summed E-state index contributed by atoms with van der Waals surface area (Å²) in [5, 5.41) is 8.02. The maximum Gasteiger partial charge on any atom is 0.243 e. The molecule has 4 atom stereocenters. The number of sulfonamides is 1. The van der Waals surface area contributed by atoms with Crippen LogP contribution < -0.4 is 14.2 Å². The maximum absolute atomic E-state index is 13.5. The summed E-state index contributed by atoms with van der Waals surface area (Å²) in [5.41, 5.74) is 0.463. The number of aromatic nitrogens is 5. The van der Waals surface area contributed by atoms with Gasteiger partial charge in [0.05, 0.1) is 24.5 Å². The van der Waals surface area contributed by atoms with Gasteiger partial charge in [-0.25, -0.2) is 18.4 Å². The highest BCUT2D eigenvalue weighted by molar-refractivity contribution is 7.93. The lowest BCUT2D eigenvalue weighted by Crippen LogP contribution is -2.31. The van der Waals surface area contributed by atoms with Crippen LogP contribution in [0.25, 0.3) is 5.69 Å².